The topological polar surface area (TPSA) is 0 Å². The summed E-state index contributed by atoms with van der Waals surface area (Å²) in [6, 6.07) is 24.2. The highest BCUT2D eigenvalue weighted by Gasteiger charge is 2.08. The van der Waals surface area contributed by atoms with Crippen molar-refractivity contribution in [1.82, 2.24) is 0 Å². The van der Waals surface area contributed by atoms with Gasteiger partial charge in [0.15, 0.2) is 0 Å². The summed E-state index contributed by atoms with van der Waals surface area (Å²) in [5, 5.41) is 8.16. The molecule has 0 spiro atoms. The van der Waals surface area contributed by atoms with Crippen LogP contribution in [0.1, 0.15) is 12.5 Å². The van der Waals surface area contributed by atoms with E-state index < -0.39 is 0 Å². The van der Waals surface area contributed by atoms with Crippen molar-refractivity contribution < 1.29 is 0 Å². The third kappa shape index (κ3) is 1.55. The lowest BCUT2D eigenvalue weighted by Gasteiger charge is -2.12. The van der Waals surface area contributed by atoms with Crippen molar-refractivity contribution >= 4 is 32.3 Å². The molecule has 4 rings (SSSR count). The summed E-state index contributed by atoms with van der Waals surface area (Å²) >= 11 is 0. The summed E-state index contributed by atoms with van der Waals surface area (Å²) in [5.41, 5.74) is 1.46. The van der Waals surface area contributed by atoms with Gasteiger partial charge in [0.2, 0.25) is 0 Å². The van der Waals surface area contributed by atoms with Gasteiger partial charge >= 0.3 is 0 Å². The van der Waals surface area contributed by atoms with E-state index in [0.29, 0.717) is 0 Å². The van der Waals surface area contributed by atoms with Crippen LogP contribution < -0.4 is 0 Å². The Balaban J connectivity index is 2.30. The summed E-state index contributed by atoms with van der Waals surface area (Å²) in [6.45, 7) is 2.25. The molecule has 4 aromatic rings. The molecular weight excluding hydrogens is 240 g/mol. The van der Waals surface area contributed by atoms with Gasteiger partial charge < -0.3 is 0 Å². The molecule has 96 valence electrons. The first-order valence-electron chi connectivity index (χ1n) is 7.20. The Labute approximate surface area is 118 Å². The van der Waals surface area contributed by atoms with Crippen LogP contribution in [0.15, 0.2) is 66.7 Å². The predicted octanol–water partition coefficient (Wildman–Crippen LogP) is 5.71. The highest BCUT2D eigenvalue weighted by atomic mass is 14.1. The third-order valence-corrected chi connectivity index (χ3v) is 4.24. The summed E-state index contributed by atoms with van der Waals surface area (Å²) in [6.07, 6.45) is 1.07. The van der Waals surface area contributed by atoms with Gasteiger partial charge in [0.25, 0.3) is 0 Å². The van der Waals surface area contributed by atoms with E-state index in [4.69, 9.17) is 0 Å². The van der Waals surface area contributed by atoms with Gasteiger partial charge in [-0.15, -0.1) is 0 Å². The lowest BCUT2D eigenvalue weighted by molar-refractivity contribution is 1.18. The Morgan fingerprint density at radius 2 is 1.30 bits per heavy atom. The number of hydrogen-bond acceptors (Lipinski definition) is 0. The zero-order valence-electron chi connectivity index (χ0n) is 11.6. The van der Waals surface area contributed by atoms with Crippen LogP contribution in [0.25, 0.3) is 32.3 Å². The van der Waals surface area contributed by atoms with E-state index in [9.17, 15) is 0 Å². The number of hydrogen-bond donors (Lipinski definition) is 0. The standard InChI is InChI=1S/C20H16/c1-2-16-18-10-6-4-8-15(18)13-20-17-9-5-3-7-14(17)11-12-19(16)20/h3-13H,2H2,1H3. The average Bonchev–Trinajstić information content (AvgIpc) is 2.52. The molecule has 20 heavy (non-hydrogen) atoms. The van der Waals surface area contributed by atoms with Crippen LogP contribution in [0.5, 0.6) is 0 Å². The van der Waals surface area contributed by atoms with Gasteiger partial charge in [-0.3, -0.25) is 0 Å². The van der Waals surface area contributed by atoms with E-state index in [1.165, 1.54) is 37.9 Å². The first-order valence-corrected chi connectivity index (χ1v) is 7.20. The van der Waals surface area contributed by atoms with Crippen LogP contribution in [-0.2, 0) is 6.42 Å². The molecule has 0 heteroatoms. The second kappa shape index (κ2) is 4.35. The Morgan fingerprint density at radius 3 is 2.10 bits per heavy atom. The van der Waals surface area contributed by atoms with Crippen LogP contribution in [0.4, 0.5) is 0 Å². The summed E-state index contributed by atoms with van der Waals surface area (Å²) in [5.74, 6) is 0. The number of fused-ring (bicyclic) bond motifs is 4. The van der Waals surface area contributed by atoms with E-state index in [1.54, 1.807) is 0 Å². The quantitative estimate of drug-likeness (QED) is 0.302. The molecule has 4 aromatic carbocycles. The normalized spacial score (nSPS) is 11.4. The molecule has 0 bridgehead atoms. The molecule has 0 N–H and O–H groups in total. The number of benzene rings is 4. The maximum Gasteiger partial charge on any atom is -0.00963 e. The van der Waals surface area contributed by atoms with E-state index in [0.717, 1.165) is 6.42 Å². The van der Waals surface area contributed by atoms with E-state index >= 15 is 0 Å². The fourth-order valence-electron chi connectivity index (χ4n) is 3.29. The molecule has 0 aliphatic heterocycles. The lowest BCUT2D eigenvalue weighted by atomic mass is 9.92. The molecule has 0 amide bonds. The fourth-order valence-corrected chi connectivity index (χ4v) is 3.29. The smallest absolute Gasteiger partial charge is 0.00963 e. The van der Waals surface area contributed by atoms with Crippen molar-refractivity contribution in [3.63, 3.8) is 0 Å². The largest absolute Gasteiger partial charge is 0.0616 e. The Bertz CT molecular complexity index is 932. The molecular formula is C20H16. The Kier molecular flexibility index (Phi) is 2.50. The van der Waals surface area contributed by atoms with Gasteiger partial charge in [0, 0.05) is 0 Å². The molecule has 0 aliphatic carbocycles. The van der Waals surface area contributed by atoms with Crippen molar-refractivity contribution in [1.29, 1.82) is 0 Å². The molecule has 0 radical (unpaired) electrons. The third-order valence-electron chi connectivity index (χ3n) is 4.24. The van der Waals surface area contributed by atoms with Crippen LogP contribution in [-0.4, -0.2) is 0 Å². The maximum atomic E-state index is 2.34. The second-order valence-electron chi connectivity index (χ2n) is 5.31. The minimum Gasteiger partial charge on any atom is -0.0616 e. The van der Waals surface area contributed by atoms with E-state index in [2.05, 4.69) is 73.7 Å². The minimum absolute atomic E-state index is 1.07. The van der Waals surface area contributed by atoms with Gasteiger partial charge in [0.1, 0.15) is 0 Å². The first kappa shape index (κ1) is 11.5. The summed E-state index contributed by atoms with van der Waals surface area (Å²) in [4.78, 5) is 0. The highest BCUT2D eigenvalue weighted by Crippen LogP contribution is 2.33. The van der Waals surface area contributed by atoms with Crippen LogP contribution in [0, 0.1) is 0 Å². The van der Waals surface area contributed by atoms with Gasteiger partial charge in [-0.05, 0) is 50.4 Å². The van der Waals surface area contributed by atoms with E-state index in [1.807, 2.05) is 0 Å². The van der Waals surface area contributed by atoms with Gasteiger partial charge in [-0.2, -0.15) is 0 Å². The highest BCUT2D eigenvalue weighted by molar-refractivity contribution is 6.14. The van der Waals surface area contributed by atoms with Crippen molar-refractivity contribution in [3.8, 4) is 0 Å². The Hall–Kier alpha value is -2.34. The molecule has 0 saturated carbocycles. The molecule has 0 nitrogen and oxygen atoms in total. The fraction of sp³-hybridized carbons (Fsp3) is 0.100. The molecule has 0 aliphatic rings. The second-order valence-corrected chi connectivity index (χ2v) is 5.31. The monoisotopic (exact) mass is 256 g/mol. The number of rotatable bonds is 1. The molecule has 0 saturated heterocycles. The van der Waals surface area contributed by atoms with Gasteiger partial charge in [0.05, 0.1) is 0 Å². The van der Waals surface area contributed by atoms with Crippen LogP contribution in [0.2, 0.25) is 0 Å². The van der Waals surface area contributed by atoms with Crippen molar-refractivity contribution in [2.45, 2.75) is 13.3 Å². The minimum atomic E-state index is 1.07. The SMILES string of the molecule is CCc1c2ccccc2cc2c1ccc1ccccc12. The van der Waals surface area contributed by atoms with Crippen molar-refractivity contribution in [2.75, 3.05) is 0 Å². The maximum absolute atomic E-state index is 2.34. The predicted molar refractivity (Wildman–Crippen MR) is 88.3 cm³/mol. The zero-order chi connectivity index (χ0) is 13.5. The van der Waals surface area contributed by atoms with Gasteiger partial charge in [-0.1, -0.05) is 67.6 Å². The van der Waals surface area contributed by atoms with Gasteiger partial charge in [-0.25, -0.2) is 0 Å². The first-order chi connectivity index (χ1) is 9.88. The van der Waals surface area contributed by atoms with E-state index in [-0.39, 0.29) is 0 Å². The molecule has 0 atom stereocenters. The van der Waals surface area contributed by atoms with Crippen molar-refractivity contribution in [2.24, 2.45) is 0 Å². The van der Waals surface area contributed by atoms with Crippen LogP contribution >= 0.6 is 0 Å². The lowest BCUT2D eigenvalue weighted by Crippen LogP contribution is -1.88. The van der Waals surface area contributed by atoms with Crippen molar-refractivity contribution in [3.05, 3.63) is 72.3 Å². The number of aryl methyl sites for hydroxylation is 1. The molecule has 0 fully saturated rings. The summed E-state index contributed by atoms with van der Waals surface area (Å²) < 4.78 is 0. The Morgan fingerprint density at radius 1 is 0.600 bits per heavy atom. The molecule has 0 unspecified atom stereocenters. The van der Waals surface area contributed by atoms with Crippen LogP contribution in [0.3, 0.4) is 0 Å². The molecule has 0 heterocycles. The molecule has 0 aromatic heterocycles. The zero-order valence-corrected chi connectivity index (χ0v) is 11.6. The average molecular weight is 256 g/mol. The summed E-state index contributed by atoms with van der Waals surface area (Å²) in [7, 11) is 0.